The fourth-order valence-electron chi connectivity index (χ4n) is 6.96. The zero-order chi connectivity index (χ0) is 34.5. The van der Waals surface area contributed by atoms with Crippen LogP contribution in [0, 0.1) is 0 Å². The molecule has 5 aromatic rings. The van der Waals surface area contributed by atoms with Gasteiger partial charge in [0.25, 0.3) is 8.32 Å². The Balaban J connectivity index is 1.24. The number of nitrogens with zero attached hydrogens (tertiary/aromatic N) is 1. The first-order valence-electron chi connectivity index (χ1n) is 17.0. The molecule has 0 bridgehead atoms. The molecule has 1 heterocycles. The summed E-state index contributed by atoms with van der Waals surface area (Å²) in [6.45, 7) is 13.9. The van der Waals surface area contributed by atoms with E-state index in [-0.39, 0.29) is 6.61 Å². The minimum absolute atomic E-state index is 0.149. The number of para-hydroxylation sites is 2. The number of nitrogens with one attached hydrogen (secondary N) is 2. The van der Waals surface area contributed by atoms with E-state index in [2.05, 4.69) is 64.3 Å². The predicted molar refractivity (Wildman–Crippen MR) is 207 cm³/mol. The van der Waals surface area contributed by atoms with Crippen molar-refractivity contribution in [2.75, 3.05) is 15.5 Å². The number of hydrogen-bond donors (Lipinski definition) is 2. The molecule has 8 heteroatoms. The highest BCUT2D eigenvalue weighted by molar-refractivity contribution is 7.99. The Labute approximate surface area is 296 Å². The molecule has 0 aromatic heterocycles. The van der Waals surface area contributed by atoms with Gasteiger partial charge < -0.3 is 19.8 Å². The summed E-state index contributed by atoms with van der Waals surface area (Å²) in [6, 6.07) is 40.3. The highest BCUT2D eigenvalue weighted by Gasteiger charge is 2.47. The van der Waals surface area contributed by atoms with Gasteiger partial charge in [-0.05, 0) is 95.0 Å². The van der Waals surface area contributed by atoms with Crippen LogP contribution in [0.2, 0.25) is 16.6 Å². The monoisotopic (exact) mass is 687 g/mol. The van der Waals surface area contributed by atoms with Crippen LogP contribution in [0.3, 0.4) is 0 Å². The number of benzene rings is 5. The van der Waals surface area contributed by atoms with E-state index in [4.69, 9.17) is 9.16 Å². The van der Waals surface area contributed by atoms with Crippen LogP contribution in [-0.4, -0.2) is 14.4 Å². The van der Waals surface area contributed by atoms with Gasteiger partial charge in [-0.3, -0.25) is 0 Å². The first kappa shape index (κ1) is 34.2. The average Bonchev–Trinajstić information content (AvgIpc) is 3.09. The summed E-state index contributed by atoms with van der Waals surface area (Å²) in [5.74, 6) is 0.883. The van der Waals surface area contributed by atoms with E-state index < -0.39 is 14.4 Å². The molecular weight excluding hydrogens is 643 g/mol. The van der Waals surface area contributed by atoms with Crippen molar-refractivity contribution in [1.82, 2.24) is 0 Å². The van der Waals surface area contributed by atoms with E-state index in [9.17, 15) is 4.79 Å². The summed E-state index contributed by atoms with van der Waals surface area (Å²) in [4.78, 5) is 17.6. The topological polar surface area (TPSA) is 62.8 Å². The molecule has 6 rings (SSSR count). The van der Waals surface area contributed by atoms with Crippen molar-refractivity contribution in [3.8, 4) is 5.75 Å². The van der Waals surface area contributed by atoms with Gasteiger partial charge in [0.2, 0.25) is 0 Å². The normalized spacial score (nSPS) is 12.5. The van der Waals surface area contributed by atoms with Crippen LogP contribution in [-0.2, 0) is 11.3 Å². The van der Waals surface area contributed by atoms with Crippen LogP contribution in [0.5, 0.6) is 5.75 Å². The quantitative estimate of drug-likeness (QED) is 0.135. The summed E-state index contributed by atoms with van der Waals surface area (Å²) in [7, 11) is -2.07. The summed E-state index contributed by atoms with van der Waals surface area (Å²) >= 11 is 1.64. The first-order chi connectivity index (χ1) is 23.6. The summed E-state index contributed by atoms with van der Waals surface area (Å²) < 4.78 is 12.8. The number of ether oxygens (including phenoxy) is 1. The lowest BCUT2D eigenvalue weighted by Crippen LogP contribution is -2.50. The number of rotatable bonds is 11. The van der Waals surface area contributed by atoms with Gasteiger partial charge in [-0.25, -0.2) is 9.69 Å². The van der Waals surface area contributed by atoms with E-state index in [0.717, 1.165) is 55.2 Å². The molecule has 0 unspecified atom stereocenters. The third kappa shape index (κ3) is 7.50. The Hall–Kier alpha value is -4.66. The van der Waals surface area contributed by atoms with Gasteiger partial charge in [0.05, 0.1) is 11.4 Å². The Kier molecular flexibility index (Phi) is 10.4. The van der Waals surface area contributed by atoms with Crippen molar-refractivity contribution in [3.63, 3.8) is 0 Å². The zero-order valence-electron chi connectivity index (χ0n) is 29.1. The summed E-state index contributed by atoms with van der Waals surface area (Å²) in [5, 5.41) is 6.96. The smallest absolute Gasteiger partial charge is 0.419 e. The van der Waals surface area contributed by atoms with Crippen molar-refractivity contribution in [2.45, 2.75) is 74.6 Å². The third-order valence-electron chi connectivity index (χ3n) is 9.22. The highest BCUT2D eigenvalue weighted by Crippen LogP contribution is 2.50. The first-order valence-corrected chi connectivity index (χ1v) is 19.9. The number of hydrogen-bond acceptors (Lipinski definition) is 6. The maximum absolute atomic E-state index is 14.0. The fourth-order valence-corrected chi connectivity index (χ4v) is 13.3. The fraction of sp³-hybridized carbons (Fsp3) is 0.244. The second-order valence-electron chi connectivity index (χ2n) is 13.4. The maximum atomic E-state index is 14.0. The van der Waals surface area contributed by atoms with Crippen LogP contribution in [0.15, 0.2) is 131 Å². The molecule has 0 aliphatic carbocycles. The molecule has 0 saturated heterocycles. The van der Waals surface area contributed by atoms with Crippen LogP contribution in [0.1, 0.15) is 47.1 Å². The van der Waals surface area contributed by atoms with Crippen LogP contribution >= 0.6 is 11.8 Å². The molecule has 0 fully saturated rings. The minimum Gasteiger partial charge on any atom is -0.543 e. The van der Waals surface area contributed by atoms with Gasteiger partial charge in [0.1, 0.15) is 12.4 Å². The second-order valence-corrected chi connectivity index (χ2v) is 19.9. The molecule has 2 N–H and O–H groups in total. The third-order valence-corrected chi connectivity index (χ3v) is 16.3. The van der Waals surface area contributed by atoms with Crippen molar-refractivity contribution in [3.05, 3.63) is 127 Å². The SMILES string of the molecule is CC(C)[Si](Oc1ccc(COC(=O)N2c3ccc(Nc4ccccc4)cc3Sc3cc(Nc4ccccc4)ccc32)cc1)(C(C)C)C(C)C. The standard InChI is InChI=1S/C41H45N3O3SSi/c1-28(2)49(29(3)4,30(5)6)47-36-21-17-31(18-22-36)27-46-41(45)44-37-23-19-34(42-32-13-9-7-10-14-32)25-39(37)48-40-26-35(20-24-38(40)44)43-33-15-11-8-12-16-33/h7-26,28-30,42-43H,27H2,1-6H3. The van der Waals surface area contributed by atoms with Gasteiger partial charge >= 0.3 is 6.09 Å². The molecule has 1 aliphatic rings. The van der Waals surface area contributed by atoms with Crippen molar-refractivity contribution < 1.29 is 14.0 Å². The largest absolute Gasteiger partial charge is 0.543 e. The molecule has 5 aromatic carbocycles. The maximum Gasteiger partial charge on any atom is 0.419 e. The molecule has 252 valence electrons. The molecule has 1 amide bonds. The van der Waals surface area contributed by atoms with Crippen molar-refractivity contribution in [2.24, 2.45) is 0 Å². The molecule has 6 nitrogen and oxygen atoms in total. The van der Waals surface area contributed by atoms with Crippen molar-refractivity contribution in [1.29, 1.82) is 0 Å². The van der Waals surface area contributed by atoms with Gasteiger partial charge in [-0.15, -0.1) is 0 Å². The lowest BCUT2D eigenvalue weighted by molar-refractivity contribution is 0.149. The minimum atomic E-state index is -2.07. The zero-order valence-corrected chi connectivity index (χ0v) is 30.9. The number of anilines is 6. The molecular formula is C41H45N3O3SSi. The molecule has 1 aliphatic heterocycles. The Bertz CT molecular complexity index is 1770. The highest BCUT2D eigenvalue weighted by atomic mass is 32.2. The summed E-state index contributed by atoms with van der Waals surface area (Å²) in [5.41, 5.74) is 7.79. The van der Waals surface area contributed by atoms with Crippen molar-refractivity contribution >= 4 is 60.3 Å². The predicted octanol–water partition coefficient (Wildman–Crippen LogP) is 12.7. The van der Waals surface area contributed by atoms with E-state index in [1.54, 1.807) is 16.7 Å². The number of fused-ring (bicyclic) bond motifs is 2. The van der Waals surface area contributed by atoms with E-state index in [1.807, 2.05) is 109 Å². The Morgan fingerprint density at radius 1 is 0.633 bits per heavy atom. The number of carbonyl (C=O) groups excluding carboxylic acids is 1. The van der Waals surface area contributed by atoms with Gasteiger partial charge in [0, 0.05) is 32.5 Å². The molecule has 0 radical (unpaired) electrons. The second kappa shape index (κ2) is 14.8. The summed E-state index contributed by atoms with van der Waals surface area (Å²) in [6.07, 6.45) is -0.429. The van der Waals surface area contributed by atoms with Gasteiger partial charge in [-0.2, -0.15) is 0 Å². The Morgan fingerprint density at radius 3 is 1.55 bits per heavy atom. The molecule has 0 atom stereocenters. The van der Waals surface area contributed by atoms with Crippen LogP contribution < -0.4 is 20.0 Å². The number of carbonyl (C=O) groups is 1. The molecule has 0 spiro atoms. The lowest BCUT2D eigenvalue weighted by atomic mass is 10.2. The van der Waals surface area contributed by atoms with E-state index in [1.165, 1.54) is 0 Å². The van der Waals surface area contributed by atoms with Crippen LogP contribution in [0.4, 0.5) is 38.9 Å². The van der Waals surface area contributed by atoms with Gasteiger partial charge in [0.15, 0.2) is 0 Å². The number of amides is 1. The lowest BCUT2D eigenvalue weighted by Gasteiger charge is -2.42. The molecule has 49 heavy (non-hydrogen) atoms. The van der Waals surface area contributed by atoms with Gasteiger partial charge in [-0.1, -0.05) is 102 Å². The molecule has 0 saturated carbocycles. The van der Waals surface area contributed by atoms with Crippen LogP contribution in [0.25, 0.3) is 0 Å². The average molecular weight is 688 g/mol. The Morgan fingerprint density at radius 2 is 1.10 bits per heavy atom. The van der Waals surface area contributed by atoms with E-state index >= 15 is 0 Å². The van der Waals surface area contributed by atoms with E-state index in [0.29, 0.717) is 16.6 Å².